The van der Waals surface area contributed by atoms with E-state index in [1.807, 2.05) is 24.0 Å². The molecule has 0 saturated carbocycles. The van der Waals surface area contributed by atoms with Crippen molar-refractivity contribution in [1.82, 2.24) is 0 Å². The minimum Gasteiger partial charge on any atom is -0.399 e. The fourth-order valence-corrected chi connectivity index (χ4v) is 3.00. The fraction of sp³-hybridized carbons (Fsp3) is 0.588. The van der Waals surface area contributed by atoms with Gasteiger partial charge in [-0.2, -0.15) is 0 Å². The lowest BCUT2D eigenvalue weighted by molar-refractivity contribution is -0.118. The predicted molar refractivity (Wildman–Crippen MR) is 88.5 cm³/mol. The molecular formula is C17H24BNO3. The van der Waals surface area contributed by atoms with E-state index in [2.05, 4.69) is 33.8 Å². The molecule has 1 amide bonds. The Balaban J connectivity index is 1.86. The van der Waals surface area contributed by atoms with Crippen molar-refractivity contribution < 1.29 is 14.1 Å². The van der Waals surface area contributed by atoms with Crippen LogP contribution in [-0.2, 0) is 20.5 Å². The van der Waals surface area contributed by atoms with Gasteiger partial charge in [-0.05, 0) is 51.2 Å². The molecule has 1 aromatic carbocycles. The van der Waals surface area contributed by atoms with Crippen LogP contribution < -0.4 is 10.4 Å². The Bertz CT molecular complexity index is 596. The Labute approximate surface area is 132 Å². The van der Waals surface area contributed by atoms with Gasteiger partial charge in [0.2, 0.25) is 5.91 Å². The Morgan fingerprint density at radius 2 is 1.86 bits per heavy atom. The topological polar surface area (TPSA) is 38.8 Å². The number of fused-ring (bicyclic) bond motifs is 1. The zero-order valence-corrected chi connectivity index (χ0v) is 14.1. The maximum Gasteiger partial charge on any atom is 0.494 e. The molecule has 0 aliphatic carbocycles. The van der Waals surface area contributed by atoms with E-state index < -0.39 is 0 Å². The van der Waals surface area contributed by atoms with Crippen LogP contribution in [0.4, 0.5) is 5.69 Å². The molecule has 118 valence electrons. The molecule has 22 heavy (non-hydrogen) atoms. The van der Waals surface area contributed by atoms with Crippen LogP contribution in [0.5, 0.6) is 0 Å². The van der Waals surface area contributed by atoms with Gasteiger partial charge >= 0.3 is 7.12 Å². The number of anilines is 1. The highest BCUT2D eigenvalue weighted by molar-refractivity contribution is 6.62. The molecule has 0 N–H and O–H groups in total. The van der Waals surface area contributed by atoms with Crippen molar-refractivity contribution in [2.45, 2.75) is 58.7 Å². The van der Waals surface area contributed by atoms with Gasteiger partial charge in [0.05, 0.1) is 11.2 Å². The van der Waals surface area contributed by atoms with E-state index in [9.17, 15) is 4.79 Å². The first-order valence-electron chi connectivity index (χ1n) is 8.04. The number of hydrogen-bond acceptors (Lipinski definition) is 3. The van der Waals surface area contributed by atoms with Crippen molar-refractivity contribution in [3.63, 3.8) is 0 Å². The number of hydrogen-bond donors (Lipinski definition) is 0. The lowest BCUT2D eigenvalue weighted by Gasteiger charge is -2.32. The van der Waals surface area contributed by atoms with Crippen LogP contribution in [0.2, 0.25) is 0 Å². The Morgan fingerprint density at radius 3 is 2.45 bits per heavy atom. The molecule has 3 rings (SSSR count). The summed E-state index contributed by atoms with van der Waals surface area (Å²) in [6.07, 6.45) is 1.44. The summed E-state index contributed by atoms with van der Waals surface area (Å²) < 4.78 is 12.2. The molecule has 2 aliphatic heterocycles. The van der Waals surface area contributed by atoms with Gasteiger partial charge in [-0.3, -0.25) is 4.79 Å². The molecule has 1 aromatic rings. The van der Waals surface area contributed by atoms with Crippen LogP contribution in [0.15, 0.2) is 18.2 Å². The first-order valence-corrected chi connectivity index (χ1v) is 8.04. The summed E-state index contributed by atoms with van der Waals surface area (Å²) in [5.41, 5.74) is 2.60. The third-order valence-electron chi connectivity index (χ3n) is 5.13. The van der Waals surface area contributed by atoms with Crippen molar-refractivity contribution in [2.75, 3.05) is 11.4 Å². The molecule has 0 atom stereocenters. The van der Waals surface area contributed by atoms with Crippen LogP contribution in [0.1, 0.15) is 46.6 Å². The summed E-state index contributed by atoms with van der Waals surface area (Å²) in [5.74, 6) is 0.183. The molecule has 0 unspecified atom stereocenters. The van der Waals surface area contributed by atoms with E-state index in [-0.39, 0.29) is 24.2 Å². The highest BCUT2D eigenvalue weighted by Crippen LogP contribution is 2.37. The second-order valence-electron chi connectivity index (χ2n) is 7.13. The molecule has 0 radical (unpaired) electrons. The summed E-state index contributed by atoms with van der Waals surface area (Å²) in [4.78, 5) is 13.8. The highest BCUT2D eigenvalue weighted by atomic mass is 16.7. The number of amides is 1. The van der Waals surface area contributed by atoms with Gasteiger partial charge in [-0.15, -0.1) is 0 Å². The molecule has 0 bridgehead atoms. The summed E-state index contributed by atoms with van der Waals surface area (Å²) in [6, 6.07) is 6.17. The highest BCUT2D eigenvalue weighted by Gasteiger charge is 2.51. The molecule has 2 heterocycles. The van der Waals surface area contributed by atoms with E-state index in [1.54, 1.807) is 0 Å². The Hall–Kier alpha value is -1.33. The predicted octanol–water partition coefficient (Wildman–Crippen LogP) is 2.28. The average molecular weight is 301 g/mol. The van der Waals surface area contributed by atoms with Gasteiger partial charge in [-0.25, -0.2) is 0 Å². The van der Waals surface area contributed by atoms with E-state index >= 15 is 0 Å². The summed E-state index contributed by atoms with van der Waals surface area (Å²) >= 11 is 0. The normalized spacial score (nSPS) is 22.0. The summed E-state index contributed by atoms with van der Waals surface area (Å²) in [5, 5.41) is 0. The molecular weight excluding hydrogens is 277 g/mol. The van der Waals surface area contributed by atoms with Crippen molar-refractivity contribution in [3.8, 4) is 0 Å². The minimum atomic E-state index is -0.341. The maximum atomic E-state index is 12.0. The van der Waals surface area contributed by atoms with Crippen molar-refractivity contribution in [2.24, 2.45) is 0 Å². The molecule has 1 fully saturated rings. The zero-order valence-electron chi connectivity index (χ0n) is 14.1. The largest absolute Gasteiger partial charge is 0.494 e. The third-order valence-corrected chi connectivity index (χ3v) is 5.13. The van der Waals surface area contributed by atoms with Crippen LogP contribution in [0.3, 0.4) is 0 Å². The second kappa shape index (κ2) is 5.10. The van der Waals surface area contributed by atoms with Gasteiger partial charge < -0.3 is 14.2 Å². The van der Waals surface area contributed by atoms with Crippen LogP contribution in [0, 0.1) is 0 Å². The summed E-state index contributed by atoms with van der Waals surface area (Å²) in [6.45, 7) is 10.9. The maximum absolute atomic E-state index is 12.0. The number of rotatable bonds is 2. The van der Waals surface area contributed by atoms with Gasteiger partial charge in [-0.1, -0.05) is 19.1 Å². The Kier molecular flexibility index (Phi) is 3.61. The molecule has 0 aromatic heterocycles. The van der Waals surface area contributed by atoms with E-state index in [0.29, 0.717) is 6.42 Å². The van der Waals surface area contributed by atoms with Gasteiger partial charge in [0.15, 0.2) is 0 Å². The zero-order chi connectivity index (χ0) is 16.1. The smallest absolute Gasteiger partial charge is 0.399 e. The van der Waals surface area contributed by atoms with Crippen LogP contribution >= 0.6 is 0 Å². The minimum absolute atomic E-state index is 0.183. The first-order chi connectivity index (χ1) is 10.2. The SMILES string of the molecule is CCC(=O)N1CCc2cc(B3OC(C)(C)C(C)(C)O3)ccc21. The van der Waals surface area contributed by atoms with Crippen molar-refractivity contribution in [3.05, 3.63) is 23.8 Å². The molecule has 1 saturated heterocycles. The van der Waals surface area contributed by atoms with E-state index in [4.69, 9.17) is 9.31 Å². The number of nitrogens with zero attached hydrogens (tertiary/aromatic N) is 1. The quantitative estimate of drug-likeness (QED) is 0.787. The molecule has 5 heteroatoms. The monoisotopic (exact) mass is 301 g/mol. The van der Waals surface area contributed by atoms with Gasteiger partial charge in [0.1, 0.15) is 0 Å². The first kappa shape index (κ1) is 15.6. The fourth-order valence-electron chi connectivity index (χ4n) is 3.00. The third kappa shape index (κ3) is 2.36. The lowest BCUT2D eigenvalue weighted by atomic mass is 9.78. The number of carbonyl (C=O) groups excluding carboxylic acids is 1. The van der Waals surface area contributed by atoms with Crippen molar-refractivity contribution >= 4 is 24.2 Å². The summed E-state index contributed by atoms with van der Waals surface area (Å²) in [7, 11) is -0.341. The lowest BCUT2D eigenvalue weighted by Crippen LogP contribution is -2.41. The second-order valence-corrected chi connectivity index (χ2v) is 7.13. The van der Waals surface area contributed by atoms with Gasteiger partial charge in [0.25, 0.3) is 0 Å². The molecule has 0 spiro atoms. The van der Waals surface area contributed by atoms with Crippen LogP contribution in [0.25, 0.3) is 0 Å². The standard InChI is InChI=1S/C17H24BNO3/c1-6-15(20)19-10-9-12-11-13(7-8-14(12)19)18-21-16(2,3)17(4,5)22-18/h7-8,11H,6,9-10H2,1-5H3. The van der Waals surface area contributed by atoms with E-state index in [1.165, 1.54) is 5.56 Å². The number of carbonyl (C=O) groups is 1. The van der Waals surface area contributed by atoms with Crippen molar-refractivity contribution in [1.29, 1.82) is 0 Å². The molecule has 4 nitrogen and oxygen atoms in total. The number of benzene rings is 1. The molecule has 2 aliphatic rings. The van der Waals surface area contributed by atoms with E-state index in [0.717, 1.165) is 24.1 Å². The van der Waals surface area contributed by atoms with Crippen LogP contribution in [-0.4, -0.2) is 30.8 Å². The Morgan fingerprint density at radius 1 is 1.23 bits per heavy atom. The van der Waals surface area contributed by atoms with Gasteiger partial charge in [0, 0.05) is 18.7 Å². The average Bonchev–Trinajstić information content (AvgIpc) is 2.96.